The molecule has 4 nitrogen and oxygen atoms in total. The number of methoxy groups -OCH3 is 2. The Morgan fingerprint density at radius 2 is 1.96 bits per heavy atom. The Morgan fingerprint density at radius 1 is 1.08 bits per heavy atom. The Morgan fingerprint density at radius 3 is 2.71 bits per heavy atom. The number of rotatable bonds is 4. The van der Waals surface area contributed by atoms with Gasteiger partial charge in [-0.3, -0.25) is 9.88 Å². The number of benzene rings is 1. The zero-order valence-corrected chi connectivity index (χ0v) is 14.2. The Hall–Kier alpha value is -2.33. The molecule has 24 heavy (non-hydrogen) atoms. The molecule has 2 aliphatic rings. The molecule has 0 spiro atoms. The SMILES string of the molecule is COc1ccc(-c2ccc(C34C=CCN(CC3)C4)cn2)cc1OC. The van der Waals surface area contributed by atoms with E-state index in [1.54, 1.807) is 14.2 Å². The number of hydrogen-bond donors (Lipinski definition) is 0. The van der Waals surface area contributed by atoms with Gasteiger partial charge in [0.15, 0.2) is 11.5 Å². The van der Waals surface area contributed by atoms with Crippen LogP contribution in [0.2, 0.25) is 0 Å². The summed E-state index contributed by atoms with van der Waals surface area (Å²) in [7, 11) is 3.30. The summed E-state index contributed by atoms with van der Waals surface area (Å²) in [6.07, 6.45) is 7.88. The van der Waals surface area contributed by atoms with Crippen molar-refractivity contribution in [3.63, 3.8) is 0 Å². The second-order valence-corrected chi connectivity index (χ2v) is 6.55. The predicted molar refractivity (Wildman–Crippen MR) is 94.7 cm³/mol. The molecular formula is C20H22N2O2. The Balaban J connectivity index is 1.65. The van der Waals surface area contributed by atoms with E-state index >= 15 is 0 Å². The van der Waals surface area contributed by atoms with Crippen molar-refractivity contribution in [2.75, 3.05) is 33.9 Å². The average molecular weight is 322 g/mol. The Labute approximate surface area is 142 Å². The molecule has 0 aliphatic carbocycles. The minimum absolute atomic E-state index is 0.154. The van der Waals surface area contributed by atoms with Gasteiger partial charge in [-0.2, -0.15) is 0 Å². The molecule has 2 atom stereocenters. The fourth-order valence-corrected chi connectivity index (χ4v) is 3.82. The van der Waals surface area contributed by atoms with E-state index in [1.807, 2.05) is 24.4 Å². The van der Waals surface area contributed by atoms with Crippen molar-refractivity contribution < 1.29 is 9.47 Å². The lowest BCUT2D eigenvalue weighted by Crippen LogP contribution is -2.33. The molecular weight excluding hydrogens is 300 g/mol. The van der Waals surface area contributed by atoms with Crippen LogP contribution in [-0.4, -0.2) is 43.7 Å². The van der Waals surface area contributed by atoms with Crippen molar-refractivity contribution in [1.82, 2.24) is 9.88 Å². The third kappa shape index (κ3) is 2.47. The number of nitrogens with zero attached hydrogens (tertiary/aromatic N) is 2. The van der Waals surface area contributed by atoms with Crippen molar-refractivity contribution >= 4 is 0 Å². The maximum atomic E-state index is 5.39. The fourth-order valence-electron chi connectivity index (χ4n) is 3.82. The van der Waals surface area contributed by atoms with Gasteiger partial charge in [0, 0.05) is 30.3 Å². The standard InChI is InChI=1S/C20H22N2O2/c1-23-18-7-4-15(12-19(18)24-2)17-6-5-16(13-21-17)20-8-3-10-22(14-20)11-9-20/h3-8,12-13H,9-11,14H2,1-2H3. The van der Waals surface area contributed by atoms with Gasteiger partial charge in [0.2, 0.25) is 0 Å². The largest absolute Gasteiger partial charge is 0.493 e. The molecule has 2 aromatic rings. The molecule has 4 heteroatoms. The maximum Gasteiger partial charge on any atom is 0.161 e. The summed E-state index contributed by atoms with van der Waals surface area (Å²) in [5.74, 6) is 1.45. The maximum absolute atomic E-state index is 5.39. The average Bonchev–Trinajstić information content (AvgIpc) is 2.96. The van der Waals surface area contributed by atoms with Crippen molar-refractivity contribution in [3.05, 3.63) is 54.2 Å². The zero-order valence-electron chi connectivity index (χ0n) is 14.2. The monoisotopic (exact) mass is 322 g/mol. The highest BCUT2D eigenvalue weighted by Gasteiger charge is 2.39. The normalized spacial score (nSPS) is 24.8. The van der Waals surface area contributed by atoms with Crippen LogP contribution in [-0.2, 0) is 5.41 Å². The third-order valence-corrected chi connectivity index (χ3v) is 5.20. The van der Waals surface area contributed by atoms with Crippen molar-refractivity contribution in [2.24, 2.45) is 0 Å². The summed E-state index contributed by atoms with van der Waals surface area (Å²) >= 11 is 0. The van der Waals surface area contributed by atoms with Crippen LogP contribution in [0.25, 0.3) is 11.3 Å². The van der Waals surface area contributed by atoms with E-state index in [0.717, 1.165) is 35.8 Å². The highest BCUT2D eigenvalue weighted by molar-refractivity contribution is 5.64. The van der Waals surface area contributed by atoms with Crippen LogP contribution in [0.1, 0.15) is 12.0 Å². The van der Waals surface area contributed by atoms with E-state index < -0.39 is 0 Å². The van der Waals surface area contributed by atoms with Crippen LogP contribution in [0.5, 0.6) is 11.5 Å². The summed E-state index contributed by atoms with van der Waals surface area (Å²) in [5.41, 5.74) is 3.45. The first-order chi connectivity index (χ1) is 11.7. The van der Waals surface area contributed by atoms with Crippen LogP contribution in [0, 0.1) is 0 Å². The minimum Gasteiger partial charge on any atom is -0.493 e. The van der Waals surface area contributed by atoms with Gasteiger partial charge in [0.25, 0.3) is 0 Å². The lowest BCUT2D eigenvalue weighted by Gasteiger charge is -2.29. The van der Waals surface area contributed by atoms with E-state index in [4.69, 9.17) is 14.5 Å². The Bertz CT molecular complexity index is 770. The molecule has 2 unspecified atom stereocenters. The highest BCUT2D eigenvalue weighted by atomic mass is 16.5. The van der Waals surface area contributed by atoms with E-state index in [-0.39, 0.29) is 5.41 Å². The van der Waals surface area contributed by atoms with Crippen LogP contribution < -0.4 is 9.47 Å². The summed E-state index contributed by atoms with van der Waals surface area (Å²) in [6.45, 7) is 3.37. The molecule has 1 saturated heterocycles. The minimum atomic E-state index is 0.154. The molecule has 1 aromatic heterocycles. The quantitative estimate of drug-likeness (QED) is 0.809. The first kappa shape index (κ1) is 15.2. The lowest BCUT2D eigenvalue weighted by atomic mass is 9.79. The zero-order chi connectivity index (χ0) is 16.6. The summed E-state index contributed by atoms with van der Waals surface area (Å²) in [6, 6.07) is 10.2. The molecule has 124 valence electrons. The summed E-state index contributed by atoms with van der Waals surface area (Å²) in [4.78, 5) is 7.22. The van der Waals surface area contributed by atoms with E-state index in [9.17, 15) is 0 Å². The van der Waals surface area contributed by atoms with Crippen LogP contribution >= 0.6 is 0 Å². The fraction of sp³-hybridized carbons (Fsp3) is 0.350. The van der Waals surface area contributed by atoms with E-state index in [1.165, 1.54) is 18.5 Å². The number of pyridine rings is 1. The van der Waals surface area contributed by atoms with Gasteiger partial charge < -0.3 is 9.47 Å². The number of hydrogen-bond acceptors (Lipinski definition) is 4. The van der Waals surface area contributed by atoms with Gasteiger partial charge in [0.05, 0.1) is 19.9 Å². The molecule has 1 aromatic carbocycles. The van der Waals surface area contributed by atoms with Gasteiger partial charge >= 0.3 is 0 Å². The van der Waals surface area contributed by atoms with Gasteiger partial charge in [-0.25, -0.2) is 0 Å². The van der Waals surface area contributed by atoms with Crippen LogP contribution in [0.15, 0.2) is 48.7 Å². The first-order valence-electron chi connectivity index (χ1n) is 8.33. The molecule has 4 rings (SSSR count). The van der Waals surface area contributed by atoms with Crippen molar-refractivity contribution in [3.8, 4) is 22.8 Å². The van der Waals surface area contributed by atoms with E-state index in [0.29, 0.717) is 0 Å². The Kier molecular flexibility index (Phi) is 3.77. The number of aromatic nitrogens is 1. The van der Waals surface area contributed by atoms with Crippen LogP contribution in [0.3, 0.4) is 0 Å². The first-order valence-corrected chi connectivity index (χ1v) is 8.33. The second-order valence-electron chi connectivity index (χ2n) is 6.55. The second kappa shape index (κ2) is 5.95. The summed E-state index contributed by atoms with van der Waals surface area (Å²) < 4.78 is 10.7. The van der Waals surface area contributed by atoms with Crippen LogP contribution in [0.4, 0.5) is 0 Å². The molecule has 0 N–H and O–H groups in total. The summed E-state index contributed by atoms with van der Waals surface area (Å²) in [5, 5.41) is 0. The third-order valence-electron chi connectivity index (χ3n) is 5.20. The van der Waals surface area contributed by atoms with Gasteiger partial charge in [0.1, 0.15) is 0 Å². The number of fused-ring (bicyclic) bond motifs is 2. The topological polar surface area (TPSA) is 34.6 Å². The molecule has 3 heterocycles. The highest BCUT2D eigenvalue weighted by Crippen LogP contribution is 2.39. The van der Waals surface area contributed by atoms with Crippen molar-refractivity contribution in [1.29, 1.82) is 0 Å². The van der Waals surface area contributed by atoms with Gasteiger partial charge in [-0.1, -0.05) is 18.2 Å². The lowest BCUT2D eigenvalue weighted by molar-refractivity contribution is 0.345. The molecule has 2 aliphatic heterocycles. The van der Waals surface area contributed by atoms with Gasteiger partial charge in [-0.15, -0.1) is 0 Å². The number of ether oxygens (including phenoxy) is 2. The van der Waals surface area contributed by atoms with E-state index in [2.05, 4.69) is 29.2 Å². The molecule has 0 amide bonds. The predicted octanol–water partition coefficient (Wildman–Crippen LogP) is 3.28. The molecule has 0 saturated carbocycles. The van der Waals surface area contributed by atoms with Gasteiger partial charge in [-0.05, 0) is 42.8 Å². The molecule has 2 bridgehead atoms. The molecule has 0 radical (unpaired) electrons. The molecule has 1 fully saturated rings. The van der Waals surface area contributed by atoms with Crippen molar-refractivity contribution in [2.45, 2.75) is 11.8 Å². The smallest absolute Gasteiger partial charge is 0.161 e.